The van der Waals surface area contributed by atoms with E-state index >= 15 is 0 Å². The number of rotatable bonds is 4. The van der Waals surface area contributed by atoms with Gasteiger partial charge in [0.1, 0.15) is 0 Å². The van der Waals surface area contributed by atoms with E-state index < -0.39 is 0 Å². The number of hydrogen-bond acceptors (Lipinski definition) is 2. The predicted molar refractivity (Wildman–Crippen MR) is 75.3 cm³/mol. The Morgan fingerprint density at radius 2 is 2.00 bits per heavy atom. The standard InChI is InChI=1S/C15H19NS/c1-11(2)8-12-4-3-5-13(9-12)15(16)14-6-7-17-10-14/h3-7,9-11,15H,8,16H2,1-2H3. The molecule has 1 unspecified atom stereocenters. The molecule has 0 fully saturated rings. The third-order valence-electron chi connectivity index (χ3n) is 2.86. The Bertz CT molecular complexity index is 460. The van der Waals surface area contributed by atoms with Crippen LogP contribution in [0, 0.1) is 5.92 Å². The van der Waals surface area contributed by atoms with Crippen LogP contribution in [-0.4, -0.2) is 0 Å². The lowest BCUT2D eigenvalue weighted by molar-refractivity contribution is 0.646. The summed E-state index contributed by atoms with van der Waals surface area (Å²) in [6.07, 6.45) is 1.12. The van der Waals surface area contributed by atoms with Gasteiger partial charge in [0.05, 0.1) is 6.04 Å². The van der Waals surface area contributed by atoms with Crippen LogP contribution in [0.15, 0.2) is 41.1 Å². The van der Waals surface area contributed by atoms with Crippen LogP contribution in [0.1, 0.15) is 36.6 Å². The molecule has 0 radical (unpaired) electrons. The summed E-state index contributed by atoms with van der Waals surface area (Å²) in [4.78, 5) is 0. The Labute approximate surface area is 107 Å². The maximum atomic E-state index is 6.27. The van der Waals surface area contributed by atoms with E-state index in [2.05, 4.69) is 54.9 Å². The van der Waals surface area contributed by atoms with Crippen LogP contribution in [0.2, 0.25) is 0 Å². The molecule has 0 bridgehead atoms. The molecule has 2 rings (SSSR count). The topological polar surface area (TPSA) is 26.0 Å². The predicted octanol–water partition coefficient (Wildman–Crippen LogP) is 3.99. The monoisotopic (exact) mass is 245 g/mol. The zero-order valence-electron chi connectivity index (χ0n) is 10.4. The Hall–Kier alpha value is -1.12. The van der Waals surface area contributed by atoms with Crippen molar-refractivity contribution in [3.8, 4) is 0 Å². The van der Waals surface area contributed by atoms with Gasteiger partial charge in [-0.3, -0.25) is 0 Å². The van der Waals surface area contributed by atoms with Gasteiger partial charge in [0.15, 0.2) is 0 Å². The molecule has 0 aliphatic rings. The fourth-order valence-electron chi connectivity index (χ4n) is 2.03. The molecule has 0 saturated carbocycles. The molecule has 1 nitrogen and oxygen atoms in total. The molecule has 2 heteroatoms. The largest absolute Gasteiger partial charge is 0.320 e. The molecular weight excluding hydrogens is 226 g/mol. The van der Waals surface area contributed by atoms with E-state index in [1.807, 2.05) is 0 Å². The average molecular weight is 245 g/mol. The molecule has 17 heavy (non-hydrogen) atoms. The number of thiophene rings is 1. The van der Waals surface area contributed by atoms with Gasteiger partial charge >= 0.3 is 0 Å². The first-order valence-corrected chi connectivity index (χ1v) is 6.97. The van der Waals surface area contributed by atoms with Gasteiger partial charge in [0, 0.05) is 0 Å². The molecule has 1 aromatic heterocycles. The van der Waals surface area contributed by atoms with Gasteiger partial charge in [-0.2, -0.15) is 11.3 Å². The third kappa shape index (κ3) is 3.18. The molecule has 0 saturated heterocycles. The summed E-state index contributed by atoms with van der Waals surface area (Å²) in [5.74, 6) is 0.683. The number of hydrogen-bond donors (Lipinski definition) is 1. The van der Waals surface area contributed by atoms with Gasteiger partial charge in [0.2, 0.25) is 0 Å². The maximum Gasteiger partial charge on any atom is 0.0559 e. The molecule has 1 atom stereocenters. The molecule has 0 aliphatic heterocycles. The fraction of sp³-hybridized carbons (Fsp3) is 0.333. The van der Waals surface area contributed by atoms with Gasteiger partial charge in [-0.25, -0.2) is 0 Å². The van der Waals surface area contributed by atoms with Crippen molar-refractivity contribution in [2.45, 2.75) is 26.3 Å². The summed E-state index contributed by atoms with van der Waals surface area (Å²) in [7, 11) is 0. The molecule has 0 spiro atoms. The van der Waals surface area contributed by atoms with Crippen LogP contribution in [-0.2, 0) is 6.42 Å². The van der Waals surface area contributed by atoms with Crippen LogP contribution >= 0.6 is 11.3 Å². The molecular formula is C15H19NS. The lowest BCUT2D eigenvalue weighted by Gasteiger charge is -2.13. The lowest BCUT2D eigenvalue weighted by Crippen LogP contribution is -2.11. The first-order chi connectivity index (χ1) is 8.16. The van der Waals surface area contributed by atoms with Crippen molar-refractivity contribution in [2.75, 3.05) is 0 Å². The van der Waals surface area contributed by atoms with Crippen molar-refractivity contribution in [1.82, 2.24) is 0 Å². The van der Waals surface area contributed by atoms with Crippen molar-refractivity contribution < 1.29 is 0 Å². The SMILES string of the molecule is CC(C)Cc1cccc(C(N)c2ccsc2)c1. The summed E-state index contributed by atoms with van der Waals surface area (Å²) in [6, 6.07) is 10.8. The van der Waals surface area contributed by atoms with Crippen LogP contribution in [0.25, 0.3) is 0 Å². The minimum atomic E-state index is 0.00774. The van der Waals surface area contributed by atoms with Crippen LogP contribution < -0.4 is 5.73 Å². The van der Waals surface area contributed by atoms with Gasteiger partial charge in [-0.1, -0.05) is 38.1 Å². The quantitative estimate of drug-likeness (QED) is 0.866. The van der Waals surface area contributed by atoms with Crippen molar-refractivity contribution in [3.05, 3.63) is 57.8 Å². The van der Waals surface area contributed by atoms with E-state index in [4.69, 9.17) is 5.73 Å². The minimum Gasteiger partial charge on any atom is -0.320 e. The van der Waals surface area contributed by atoms with E-state index in [1.165, 1.54) is 16.7 Å². The molecule has 2 N–H and O–H groups in total. The van der Waals surface area contributed by atoms with E-state index in [0.29, 0.717) is 5.92 Å². The molecule has 2 aromatic rings. The molecule has 0 amide bonds. The van der Waals surface area contributed by atoms with Crippen LogP contribution in [0.3, 0.4) is 0 Å². The summed E-state index contributed by atoms with van der Waals surface area (Å²) in [5.41, 5.74) is 10.1. The van der Waals surface area contributed by atoms with Gasteiger partial charge < -0.3 is 5.73 Å². The van der Waals surface area contributed by atoms with Crippen LogP contribution in [0.4, 0.5) is 0 Å². The highest BCUT2D eigenvalue weighted by Gasteiger charge is 2.09. The second-order valence-electron chi connectivity index (χ2n) is 4.88. The molecule has 1 aromatic carbocycles. The van der Waals surface area contributed by atoms with E-state index in [0.717, 1.165) is 6.42 Å². The second-order valence-corrected chi connectivity index (χ2v) is 5.66. The van der Waals surface area contributed by atoms with Gasteiger partial charge in [0.25, 0.3) is 0 Å². The third-order valence-corrected chi connectivity index (χ3v) is 3.56. The van der Waals surface area contributed by atoms with E-state index in [-0.39, 0.29) is 6.04 Å². The normalized spacial score (nSPS) is 12.9. The first kappa shape index (κ1) is 12.3. The fourth-order valence-corrected chi connectivity index (χ4v) is 2.73. The highest BCUT2D eigenvalue weighted by molar-refractivity contribution is 7.08. The Kier molecular flexibility index (Phi) is 3.97. The minimum absolute atomic E-state index is 0.00774. The average Bonchev–Trinajstić information content (AvgIpc) is 2.81. The van der Waals surface area contributed by atoms with Crippen molar-refractivity contribution in [1.29, 1.82) is 0 Å². The zero-order valence-corrected chi connectivity index (χ0v) is 11.2. The lowest BCUT2D eigenvalue weighted by atomic mass is 9.96. The zero-order chi connectivity index (χ0) is 12.3. The smallest absolute Gasteiger partial charge is 0.0559 e. The van der Waals surface area contributed by atoms with Crippen molar-refractivity contribution in [3.63, 3.8) is 0 Å². The van der Waals surface area contributed by atoms with Crippen LogP contribution in [0.5, 0.6) is 0 Å². The summed E-state index contributed by atoms with van der Waals surface area (Å²) in [5, 5.41) is 4.20. The summed E-state index contributed by atoms with van der Waals surface area (Å²) < 4.78 is 0. The highest BCUT2D eigenvalue weighted by Crippen LogP contribution is 2.23. The first-order valence-electron chi connectivity index (χ1n) is 6.03. The Morgan fingerprint density at radius 3 is 2.65 bits per heavy atom. The van der Waals surface area contributed by atoms with Gasteiger partial charge in [-0.15, -0.1) is 0 Å². The van der Waals surface area contributed by atoms with E-state index in [9.17, 15) is 0 Å². The number of nitrogens with two attached hydrogens (primary N) is 1. The van der Waals surface area contributed by atoms with Crippen molar-refractivity contribution >= 4 is 11.3 Å². The second kappa shape index (κ2) is 5.48. The van der Waals surface area contributed by atoms with Gasteiger partial charge in [-0.05, 0) is 45.9 Å². The molecule has 0 aliphatic carbocycles. The Morgan fingerprint density at radius 1 is 1.18 bits per heavy atom. The summed E-state index contributed by atoms with van der Waals surface area (Å²) >= 11 is 1.70. The Balaban J connectivity index is 2.21. The molecule has 90 valence electrons. The van der Waals surface area contributed by atoms with E-state index in [1.54, 1.807) is 11.3 Å². The maximum absolute atomic E-state index is 6.27. The molecule has 1 heterocycles. The number of benzene rings is 1. The summed E-state index contributed by atoms with van der Waals surface area (Å²) in [6.45, 7) is 4.48. The highest BCUT2D eigenvalue weighted by atomic mass is 32.1. The van der Waals surface area contributed by atoms with Crippen molar-refractivity contribution in [2.24, 2.45) is 11.7 Å².